The van der Waals surface area contributed by atoms with E-state index >= 15 is 0 Å². The normalized spacial score (nSPS) is 7.89. The van der Waals surface area contributed by atoms with Crippen molar-refractivity contribution in [2.75, 3.05) is 13.6 Å². The van der Waals surface area contributed by atoms with E-state index in [0.717, 1.165) is 25.7 Å². The van der Waals surface area contributed by atoms with E-state index in [2.05, 4.69) is 35.3 Å². The summed E-state index contributed by atoms with van der Waals surface area (Å²) in [6.45, 7) is 9.25. The summed E-state index contributed by atoms with van der Waals surface area (Å²) in [6.07, 6.45) is 7.37. The molecule has 0 aliphatic carbocycles. The minimum Gasteiger partial charge on any atom is -0.319 e. The number of nitrogens with one attached hydrogen (secondary N) is 1. The number of nitrogens with zero attached hydrogens (tertiary/aromatic N) is 1. The van der Waals surface area contributed by atoms with Crippen LogP contribution in [0.5, 0.6) is 0 Å². The Kier molecular flexibility index (Phi) is 18.3. The highest BCUT2D eigenvalue weighted by Gasteiger charge is 1.87. The third kappa shape index (κ3) is 16.7. The van der Waals surface area contributed by atoms with E-state index in [1.807, 2.05) is 26.2 Å². The van der Waals surface area contributed by atoms with Crippen LogP contribution in [0.1, 0.15) is 25.3 Å². The molecule has 100 valence electrons. The highest BCUT2D eigenvalue weighted by atomic mass is 16.1. The van der Waals surface area contributed by atoms with E-state index < -0.39 is 0 Å². The van der Waals surface area contributed by atoms with Gasteiger partial charge in [-0.25, -0.2) is 0 Å². The molecule has 0 atom stereocenters. The van der Waals surface area contributed by atoms with Gasteiger partial charge in [-0.3, -0.25) is 4.98 Å². The van der Waals surface area contributed by atoms with Gasteiger partial charge in [-0.05, 0) is 38.1 Å². The van der Waals surface area contributed by atoms with Gasteiger partial charge in [-0.1, -0.05) is 26.1 Å². The van der Waals surface area contributed by atoms with Gasteiger partial charge in [-0.15, -0.1) is 5.73 Å². The van der Waals surface area contributed by atoms with Crippen LogP contribution in [-0.4, -0.2) is 24.9 Å². The fourth-order valence-electron chi connectivity index (χ4n) is 0.933. The number of likely N-dealkylation sites (N-methyl/N-ethyl adjacent to an activating group) is 1. The van der Waals surface area contributed by atoms with Crippen molar-refractivity contribution < 1.29 is 4.79 Å². The smallest absolute Gasteiger partial charge is 0.119 e. The van der Waals surface area contributed by atoms with Crippen LogP contribution < -0.4 is 5.32 Å². The molecule has 0 aliphatic rings. The quantitative estimate of drug-likeness (QED) is 0.643. The van der Waals surface area contributed by atoms with Gasteiger partial charge in [0.05, 0.1) is 0 Å². The molecule has 1 heterocycles. The van der Waals surface area contributed by atoms with Crippen LogP contribution >= 0.6 is 0 Å². The zero-order chi connectivity index (χ0) is 14.1. The Labute approximate surface area is 111 Å². The highest BCUT2D eigenvalue weighted by molar-refractivity contribution is 5.48. The summed E-state index contributed by atoms with van der Waals surface area (Å²) in [5.74, 6) is 0. The topological polar surface area (TPSA) is 42.0 Å². The molecule has 3 nitrogen and oxygen atoms in total. The maximum Gasteiger partial charge on any atom is 0.119 e. The molecule has 3 heteroatoms. The first kappa shape index (κ1) is 18.7. The minimum atomic E-state index is 0.708. The van der Waals surface area contributed by atoms with Crippen molar-refractivity contribution in [3.8, 4) is 0 Å². The zero-order valence-electron chi connectivity index (χ0n) is 11.5. The van der Waals surface area contributed by atoms with Crippen LogP contribution in [0, 0.1) is 0 Å². The molecule has 0 aromatic carbocycles. The number of unbranched alkanes of at least 4 members (excludes halogenated alkanes) is 1. The lowest BCUT2D eigenvalue weighted by Crippen LogP contribution is -2.10. The highest BCUT2D eigenvalue weighted by Crippen LogP contribution is 1.94. The van der Waals surface area contributed by atoms with Gasteiger partial charge in [0.2, 0.25) is 0 Å². The van der Waals surface area contributed by atoms with Gasteiger partial charge >= 0.3 is 0 Å². The molecule has 0 unspecified atom stereocenters. The maximum atomic E-state index is 9.40. The van der Waals surface area contributed by atoms with Crippen molar-refractivity contribution in [2.45, 2.75) is 26.2 Å². The lowest BCUT2D eigenvalue weighted by atomic mass is 10.2. The van der Waals surface area contributed by atoms with Crippen molar-refractivity contribution in [1.29, 1.82) is 0 Å². The lowest BCUT2D eigenvalue weighted by Gasteiger charge is -1.97. The predicted molar refractivity (Wildman–Crippen MR) is 77.6 cm³/mol. The third-order valence-electron chi connectivity index (χ3n) is 1.79. The molecule has 0 aliphatic heterocycles. The van der Waals surface area contributed by atoms with E-state index in [9.17, 15) is 4.79 Å². The first-order valence-corrected chi connectivity index (χ1v) is 6.03. The fourth-order valence-corrected chi connectivity index (χ4v) is 0.933. The van der Waals surface area contributed by atoms with Crippen molar-refractivity contribution in [3.05, 3.63) is 49.0 Å². The van der Waals surface area contributed by atoms with Crippen molar-refractivity contribution >= 4 is 6.29 Å². The largest absolute Gasteiger partial charge is 0.319 e. The third-order valence-corrected chi connectivity index (χ3v) is 1.79. The molecule has 1 rings (SSSR count). The number of carbonyl (C=O) groups is 1. The summed E-state index contributed by atoms with van der Waals surface area (Å²) < 4.78 is 0. The minimum absolute atomic E-state index is 0.708. The number of rotatable bonds is 5. The number of aldehydes is 1. The van der Waals surface area contributed by atoms with Gasteiger partial charge in [-0.2, -0.15) is 0 Å². The molecule has 0 fully saturated rings. The molecular formula is C15H24N2O. The van der Waals surface area contributed by atoms with E-state index in [4.69, 9.17) is 0 Å². The summed E-state index contributed by atoms with van der Waals surface area (Å²) in [5, 5.41) is 3.09. The van der Waals surface area contributed by atoms with Gasteiger partial charge in [0.15, 0.2) is 0 Å². The molecule has 0 saturated heterocycles. The second-order valence-electron chi connectivity index (χ2n) is 3.42. The molecule has 0 amide bonds. The van der Waals surface area contributed by atoms with Crippen LogP contribution in [-0.2, 0) is 11.2 Å². The number of hydrogen-bond donors (Lipinski definition) is 1. The Hall–Kier alpha value is -1.70. The summed E-state index contributed by atoms with van der Waals surface area (Å²) in [6, 6.07) is 4.05. The van der Waals surface area contributed by atoms with Gasteiger partial charge in [0, 0.05) is 18.8 Å². The Morgan fingerprint density at radius 3 is 2.50 bits per heavy atom. The average molecular weight is 248 g/mol. The summed E-state index contributed by atoms with van der Waals surface area (Å²) >= 11 is 0. The van der Waals surface area contributed by atoms with Crippen molar-refractivity contribution in [3.63, 3.8) is 0 Å². The summed E-state index contributed by atoms with van der Waals surface area (Å²) in [7, 11) is 1.95. The molecule has 0 bridgehead atoms. The Morgan fingerprint density at radius 2 is 2.17 bits per heavy atom. The maximum absolute atomic E-state index is 9.40. The second kappa shape index (κ2) is 17.7. The Balaban J connectivity index is 0. The second-order valence-corrected chi connectivity index (χ2v) is 3.42. The van der Waals surface area contributed by atoms with Crippen LogP contribution in [0.15, 0.2) is 43.4 Å². The van der Waals surface area contributed by atoms with E-state index in [1.54, 1.807) is 6.20 Å². The zero-order valence-corrected chi connectivity index (χ0v) is 11.5. The number of hydrogen-bond acceptors (Lipinski definition) is 3. The molecule has 0 radical (unpaired) electrons. The Morgan fingerprint density at radius 1 is 1.50 bits per heavy atom. The molecule has 18 heavy (non-hydrogen) atoms. The van der Waals surface area contributed by atoms with E-state index in [-0.39, 0.29) is 0 Å². The SMILES string of the molecule is C=C=C.CCCC=O.CNCCc1cccnc1. The first-order chi connectivity index (χ1) is 8.76. The monoisotopic (exact) mass is 248 g/mol. The van der Waals surface area contributed by atoms with Crippen molar-refractivity contribution in [1.82, 2.24) is 10.3 Å². The van der Waals surface area contributed by atoms with Crippen LogP contribution in [0.4, 0.5) is 0 Å². The summed E-state index contributed by atoms with van der Waals surface area (Å²) in [4.78, 5) is 13.4. The lowest BCUT2D eigenvalue weighted by molar-refractivity contribution is -0.107. The van der Waals surface area contributed by atoms with Crippen molar-refractivity contribution in [2.24, 2.45) is 0 Å². The van der Waals surface area contributed by atoms with Gasteiger partial charge < -0.3 is 10.1 Å². The first-order valence-electron chi connectivity index (χ1n) is 6.03. The van der Waals surface area contributed by atoms with E-state index in [1.165, 1.54) is 5.56 Å². The molecule has 0 saturated carbocycles. The Bertz CT molecular complexity index is 304. The molecule has 1 aromatic rings. The number of pyridine rings is 1. The molecule has 0 spiro atoms. The number of aromatic nitrogens is 1. The average Bonchev–Trinajstić information content (AvgIpc) is 2.40. The van der Waals surface area contributed by atoms with E-state index in [0.29, 0.717) is 6.42 Å². The molecule has 1 aromatic heterocycles. The van der Waals surface area contributed by atoms with Crippen LogP contribution in [0.2, 0.25) is 0 Å². The molecular weight excluding hydrogens is 224 g/mol. The number of carbonyl (C=O) groups excluding carboxylic acids is 1. The predicted octanol–water partition coefficient (Wildman–Crippen LogP) is 2.79. The van der Waals surface area contributed by atoms with Gasteiger partial charge in [0.25, 0.3) is 0 Å². The van der Waals surface area contributed by atoms with Gasteiger partial charge in [0.1, 0.15) is 6.29 Å². The molecule has 1 N–H and O–H groups in total. The standard InChI is InChI=1S/C8H12N2.C4H8O.C3H4/c1-9-6-4-8-3-2-5-10-7-8;1-2-3-4-5;1-3-2/h2-3,5,7,9H,4,6H2,1H3;4H,2-3H2,1H3;1-2H2. The summed E-state index contributed by atoms with van der Waals surface area (Å²) in [5.41, 5.74) is 3.54. The van der Waals surface area contributed by atoms with Crippen LogP contribution in [0.3, 0.4) is 0 Å². The van der Waals surface area contributed by atoms with Crippen LogP contribution in [0.25, 0.3) is 0 Å². The fraction of sp³-hybridized carbons (Fsp3) is 0.400.